The number of hydrogen-bond acceptors (Lipinski definition) is 3. The third kappa shape index (κ3) is 3.77. The number of benzene rings is 1. The van der Waals surface area contributed by atoms with Gasteiger partial charge in [-0.25, -0.2) is 4.39 Å². The molecule has 1 fully saturated rings. The van der Waals surface area contributed by atoms with E-state index in [1.165, 1.54) is 11.0 Å². The molecular formula is C15H21FN2O2. The summed E-state index contributed by atoms with van der Waals surface area (Å²) in [6.07, 6.45) is 2.80. The standard InChI is InChI=1S/C15H21FN2O2/c16-13-6-1-2-7-14(13)18(9-4-8-17)15(19)11-12-5-3-10-20-12/h1-2,6-7,12H,3-5,8-11,17H2. The molecule has 0 saturated carbocycles. The molecule has 0 radical (unpaired) electrons. The number of carbonyl (C=O) groups is 1. The van der Waals surface area contributed by atoms with Crippen molar-refractivity contribution in [3.63, 3.8) is 0 Å². The number of para-hydroxylation sites is 1. The van der Waals surface area contributed by atoms with E-state index in [1.54, 1.807) is 18.2 Å². The van der Waals surface area contributed by atoms with Crippen molar-refractivity contribution in [1.82, 2.24) is 0 Å². The Kier molecular flexibility index (Phi) is 5.49. The SMILES string of the molecule is NCCCN(C(=O)CC1CCCO1)c1ccccc1F. The molecule has 1 aliphatic rings. The van der Waals surface area contributed by atoms with E-state index in [0.29, 0.717) is 38.2 Å². The number of nitrogens with zero attached hydrogens (tertiary/aromatic N) is 1. The molecule has 1 aliphatic heterocycles. The molecule has 1 unspecified atom stereocenters. The van der Waals surface area contributed by atoms with Gasteiger partial charge in [0.1, 0.15) is 5.82 Å². The van der Waals surface area contributed by atoms with E-state index in [4.69, 9.17) is 10.5 Å². The predicted octanol–water partition coefficient (Wildman–Crippen LogP) is 2.08. The summed E-state index contributed by atoms with van der Waals surface area (Å²) in [6.45, 7) is 1.61. The van der Waals surface area contributed by atoms with Gasteiger partial charge in [-0.05, 0) is 37.9 Å². The molecule has 0 aliphatic carbocycles. The van der Waals surface area contributed by atoms with Gasteiger partial charge >= 0.3 is 0 Å². The van der Waals surface area contributed by atoms with Gasteiger partial charge < -0.3 is 15.4 Å². The van der Waals surface area contributed by atoms with Crippen molar-refractivity contribution in [2.45, 2.75) is 31.8 Å². The molecule has 5 heteroatoms. The first-order chi connectivity index (χ1) is 9.72. The molecule has 1 aromatic rings. The predicted molar refractivity (Wildman–Crippen MR) is 76.0 cm³/mol. The average Bonchev–Trinajstić information content (AvgIpc) is 2.94. The van der Waals surface area contributed by atoms with Crippen molar-refractivity contribution >= 4 is 11.6 Å². The van der Waals surface area contributed by atoms with Crippen LogP contribution in [0.25, 0.3) is 0 Å². The smallest absolute Gasteiger partial charge is 0.229 e. The molecule has 0 aromatic heterocycles. The molecule has 1 amide bonds. The largest absolute Gasteiger partial charge is 0.378 e. The molecule has 1 saturated heterocycles. The molecule has 0 spiro atoms. The Morgan fingerprint density at radius 2 is 2.25 bits per heavy atom. The van der Waals surface area contributed by atoms with E-state index in [9.17, 15) is 9.18 Å². The molecule has 110 valence electrons. The van der Waals surface area contributed by atoms with Crippen LogP contribution in [0.5, 0.6) is 0 Å². The Labute approximate surface area is 118 Å². The Morgan fingerprint density at radius 3 is 2.90 bits per heavy atom. The fraction of sp³-hybridized carbons (Fsp3) is 0.533. The Balaban J connectivity index is 2.09. The van der Waals surface area contributed by atoms with Gasteiger partial charge in [-0.15, -0.1) is 0 Å². The fourth-order valence-corrected chi connectivity index (χ4v) is 2.41. The highest BCUT2D eigenvalue weighted by molar-refractivity contribution is 5.93. The summed E-state index contributed by atoms with van der Waals surface area (Å²) < 4.78 is 19.4. The number of rotatable bonds is 6. The topological polar surface area (TPSA) is 55.6 Å². The lowest BCUT2D eigenvalue weighted by Gasteiger charge is -2.24. The van der Waals surface area contributed by atoms with Gasteiger partial charge in [0.05, 0.1) is 18.2 Å². The second kappa shape index (κ2) is 7.36. The van der Waals surface area contributed by atoms with Crippen LogP contribution < -0.4 is 10.6 Å². The van der Waals surface area contributed by atoms with Gasteiger partial charge in [0, 0.05) is 13.2 Å². The van der Waals surface area contributed by atoms with Crippen LogP contribution in [-0.4, -0.2) is 31.7 Å². The zero-order chi connectivity index (χ0) is 14.4. The van der Waals surface area contributed by atoms with Crippen molar-refractivity contribution in [2.75, 3.05) is 24.6 Å². The summed E-state index contributed by atoms with van der Waals surface area (Å²) >= 11 is 0. The highest BCUT2D eigenvalue weighted by atomic mass is 19.1. The minimum Gasteiger partial charge on any atom is -0.378 e. The quantitative estimate of drug-likeness (QED) is 0.868. The first kappa shape index (κ1) is 14.9. The van der Waals surface area contributed by atoms with Crippen LogP contribution in [0.4, 0.5) is 10.1 Å². The number of halogens is 1. The number of amides is 1. The van der Waals surface area contributed by atoms with Gasteiger partial charge in [0.15, 0.2) is 0 Å². The van der Waals surface area contributed by atoms with Gasteiger partial charge in [-0.1, -0.05) is 12.1 Å². The lowest BCUT2D eigenvalue weighted by Crippen LogP contribution is -2.35. The summed E-state index contributed by atoms with van der Waals surface area (Å²) in [7, 11) is 0. The lowest BCUT2D eigenvalue weighted by molar-refractivity contribution is -0.120. The van der Waals surface area contributed by atoms with Crippen LogP contribution in [0.1, 0.15) is 25.7 Å². The normalized spacial score (nSPS) is 18.2. The molecule has 1 aromatic carbocycles. The van der Waals surface area contributed by atoms with E-state index in [-0.39, 0.29) is 17.8 Å². The molecule has 1 heterocycles. The number of nitrogens with two attached hydrogens (primary N) is 1. The zero-order valence-electron chi connectivity index (χ0n) is 11.6. The van der Waals surface area contributed by atoms with E-state index in [0.717, 1.165) is 12.8 Å². The average molecular weight is 280 g/mol. The molecule has 1 atom stereocenters. The third-order valence-corrected chi connectivity index (χ3v) is 3.46. The van der Waals surface area contributed by atoms with E-state index in [1.807, 2.05) is 0 Å². The minimum atomic E-state index is -0.384. The van der Waals surface area contributed by atoms with Gasteiger partial charge in [-0.2, -0.15) is 0 Å². The summed E-state index contributed by atoms with van der Waals surface area (Å²) in [5, 5.41) is 0. The first-order valence-corrected chi connectivity index (χ1v) is 7.09. The van der Waals surface area contributed by atoms with Crippen LogP contribution in [0.2, 0.25) is 0 Å². The second-order valence-electron chi connectivity index (χ2n) is 4.98. The summed E-state index contributed by atoms with van der Waals surface area (Å²) in [6, 6.07) is 6.33. The van der Waals surface area contributed by atoms with Crippen LogP contribution in [0.15, 0.2) is 24.3 Å². The zero-order valence-corrected chi connectivity index (χ0v) is 11.6. The lowest BCUT2D eigenvalue weighted by atomic mass is 10.1. The highest BCUT2D eigenvalue weighted by Gasteiger charge is 2.24. The van der Waals surface area contributed by atoms with E-state index >= 15 is 0 Å². The summed E-state index contributed by atoms with van der Waals surface area (Å²) in [5.41, 5.74) is 5.82. The monoisotopic (exact) mass is 280 g/mol. The molecule has 4 nitrogen and oxygen atoms in total. The molecule has 20 heavy (non-hydrogen) atoms. The molecule has 2 N–H and O–H groups in total. The number of anilines is 1. The fourth-order valence-electron chi connectivity index (χ4n) is 2.41. The second-order valence-corrected chi connectivity index (χ2v) is 4.98. The van der Waals surface area contributed by atoms with Crippen LogP contribution in [0.3, 0.4) is 0 Å². The third-order valence-electron chi connectivity index (χ3n) is 3.46. The van der Waals surface area contributed by atoms with Crippen LogP contribution >= 0.6 is 0 Å². The van der Waals surface area contributed by atoms with E-state index < -0.39 is 0 Å². The Hall–Kier alpha value is -1.46. The van der Waals surface area contributed by atoms with Crippen LogP contribution in [-0.2, 0) is 9.53 Å². The minimum absolute atomic E-state index is 0.0327. The van der Waals surface area contributed by atoms with Gasteiger partial charge in [0.25, 0.3) is 0 Å². The van der Waals surface area contributed by atoms with Crippen molar-refractivity contribution in [1.29, 1.82) is 0 Å². The van der Waals surface area contributed by atoms with Crippen LogP contribution in [0, 0.1) is 5.82 Å². The molecule has 0 bridgehead atoms. The summed E-state index contributed by atoms with van der Waals surface area (Å²) in [5.74, 6) is -0.485. The maximum atomic E-state index is 13.9. The maximum absolute atomic E-state index is 13.9. The number of hydrogen-bond donors (Lipinski definition) is 1. The first-order valence-electron chi connectivity index (χ1n) is 7.09. The van der Waals surface area contributed by atoms with Crippen molar-refractivity contribution in [3.8, 4) is 0 Å². The van der Waals surface area contributed by atoms with Crippen molar-refractivity contribution in [2.24, 2.45) is 5.73 Å². The molecule has 2 rings (SSSR count). The Morgan fingerprint density at radius 1 is 1.45 bits per heavy atom. The number of carbonyl (C=O) groups excluding carboxylic acids is 1. The van der Waals surface area contributed by atoms with Crippen molar-refractivity contribution in [3.05, 3.63) is 30.1 Å². The van der Waals surface area contributed by atoms with E-state index in [2.05, 4.69) is 0 Å². The highest BCUT2D eigenvalue weighted by Crippen LogP contribution is 2.22. The van der Waals surface area contributed by atoms with Crippen molar-refractivity contribution < 1.29 is 13.9 Å². The maximum Gasteiger partial charge on any atom is 0.229 e. The van der Waals surface area contributed by atoms with Gasteiger partial charge in [-0.3, -0.25) is 4.79 Å². The molecular weight excluding hydrogens is 259 g/mol. The van der Waals surface area contributed by atoms with Gasteiger partial charge in [0.2, 0.25) is 5.91 Å². The Bertz CT molecular complexity index is 447. The summed E-state index contributed by atoms with van der Waals surface area (Å²) in [4.78, 5) is 13.9. The number of ether oxygens (including phenoxy) is 1.